The number of amides is 1. The fourth-order valence-corrected chi connectivity index (χ4v) is 3.51. The van der Waals surface area contributed by atoms with Gasteiger partial charge in [0, 0.05) is 32.2 Å². The lowest BCUT2D eigenvalue weighted by molar-refractivity contribution is 0.0299. The summed E-state index contributed by atoms with van der Waals surface area (Å²) >= 11 is 0. The van der Waals surface area contributed by atoms with Crippen molar-refractivity contribution < 1.29 is 13.9 Å². The molecule has 26 heavy (non-hydrogen) atoms. The fraction of sp³-hybridized carbons (Fsp3) is 0.500. The quantitative estimate of drug-likeness (QED) is 0.867. The van der Waals surface area contributed by atoms with Gasteiger partial charge in [0.15, 0.2) is 0 Å². The first kappa shape index (κ1) is 17.0. The van der Waals surface area contributed by atoms with Crippen molar-refractivity contribution >= 4 is 11.7 Å². The smallest absolute Gasteiger partial charge is 0.274 e. The number of nitrogens with zero attached hydrogens (tertiary/aromatic N) is 4. The fourth-order valence-electron chi connectivity index (χ4n) is 3.51. The second-order valence-electron chi connectivity index (χ2n) is 6.79. The van der Waals surface area contributed by atoms with E-state index in [4.69, 9.17) is 14.9 Å². The molecule has 1 amide bonds. The van der Waals surface area contributed by atoms with Gasteiger partial charge in [0.2, 0.25) is 0 Å². The molecule has 0 radical (unpaired) electrons. The van der Waals surface area contributed by atoms with E-state index >= 15 is 0 Å². The molecular weight excluding hydrogens is 334 g/mol. The van der Waals surface area contributed by atoms with Crippen LogP contribution in [0, 0.1) is 6.92 Å². The van der Waals surface area contributed by atoms with Gasteiger partial charge in [-0.1, -0.05) is 0 Å². The molecular formula is C18H23N5O3. The van der Waals surface area contributed by atoms with Crippen LogP contribution in [0.3, 0.4) is 0 Å². The zero-order valence-electron chi connectivity index (χ0n) is 14.8. The Labute approximate surface area is 151 Å². The molecule has 2 aliphatic heterocycles. The van der Waals surface area contributed by atoms with Gasteiger partial charge in [-0.3, -0.25) is 9.78 Å². The second-order valence-corrected chi connectivity index (χ2v) is 6.79. The van der Waals surface area contributed by atoms with E-state index in [2.05, 4.69) is 14.9 Å². The van der Waals surface area contributed by atoms with Crippen LogP contribution in [0.2, 0.25) is 0 Å². The van der Waals surface area contributed by atoms with E-state index in [0.717, 1.165) is 11.5 Å². The number of morpholine rings is 1. The molecule has 2 saturated heterocycles. The largest absolute Gasteiger partial charge is 0.466 e. The van der Waals surface area contributed by atoms with Crippen molar-refractivity contribution in [1.29, 1.82) is 0 Å². The van der Waals surface area contributed by atoms with E-state index in [0.29, 0.717) is 50.9 Å². The van der Waals surface area contributed by atoms with Crippen LogP contribution in [0.25, 0.3) is 0 Å². The standard InChI is InChI=1S/C18H23N5O3/c1-12-2-3-16(26-12)13-10-23(11-14(13)19)17-9-20-8-15(21-17)18(24)22-4-6-25-7-5-22/h2-3,8-9,13-14H,4-7,10-11,19H2,1H3/t13-,14-/m1/s1. The van der Waals surface area contributed by atoms with Crippen LogP contribution in [-0.4, -0.2) is 66.2 Å². The third kappa shape index (κ3) is 3.30. The average molecular weight is 357 g/mol. The highest BCUT2D eigenvalue weighted by Crippen LogP contribution is 2.30. The number of anilines is 1. The van der Waals surface area contributed by atoms with Crippen molar-refractivity contribution in [2.75, 3.05) is 44.3 Å². The van der Waals surface area contributed by atoms with Crippen LogP contribution >= 0.6 is 0 Å². The summed E-state index contributed by atoms with van der Waals surface area (Å²) in [7, 11) is 0. The molecule has 2 aromatic heterocycles. The Bertz CT molecular complexity index is 787. The number of aromatic nitrogens is 2. The summed E-state index contributed by atoms with van der Waals surface area (Å²) in [5, 5.41) is 0. The maximum absolute atomic E-state index is 12.6. The molecule has 8 heteroatoms. The Morgan fingerprint density at radius 2 is 2.04 bits per heavy atom. The van der Waals surface area contributed by atoms with Crippen molar-refractivity contribution in [1.82, 2.24) is 14.9 Å². The summed E-state index contributed by atoms with van der Waals surface area (Å²) in [4.78, 5) is 25.2. The van der Waals surface area contributed by atoms with Crippen molar-refractivity contribution in [2.24, 2.45) is 5.73 Å². The molecule has 2 N–H and O–H groups in total. The van der Waals surface area contributed by atoms with E-state index in [1.165, 1.54) is 6.20 Å². The number of ether oxygens (including phenoxy) is 1. The predicted octanol–water partition coefficient (Wildman–Crippen LogP) is 0.782. The van der Waals surface area contributed by atoms with E-state index in [-0.39, 0.29) is 17.9 Å². The molecule has 8 nitrogen and oxygen atoms in total. The molecule has 2 aromatic rings. The highest BCUT2D eigenvalue weighted by molar-refractivity contribution is 5.92. The van der Waals surface area contributed by atoms with Crippen LogP contribution in [0.5, 0.6) is 0 Å². The van der Waals surface area contributed by atoms with Crippen LogP contribution in [-0.2, 0) is 4.74 Å². The van der Waals surface area contributed by atoms with E-state index < -0.39 is 0 Å². The van der Waals surface area contributed by atoms with Crippen LogP contribution in [0.1, 0.15) is 27.9 Å². The number of carbonyl (C=O) groups excluding carboxylic acids is 1. The minimum atomic E-state index is -0.107. The van der Waals surface area contributed by atoms with Gasteiger partial charge in [-0.2, -0.15) is 0 Å². The van der Waals surface area contributed by atoms with Gasteiger partial charge in [0.25, 0.3) is 5.91 Å². The zero-order chi connectivity index (χ0) is 18.1. The summed E-state index contributed by atoms with van der Waals surface area (Å²) in [5.74, 6) is 2.44. The summed E-state index contributed by atoms with van der Waals surface area (Å²) in [6, 6.07) is 3.88. The lowest BCUT2D eigenvalue weighted by Gasteiger charge is -2.26. The minimum absolute atomic E-state index is 0.0547. The zero-order valence-corrected chi connectivity index (χ0v) is 14.8. The predicted molar refractivity (Wildman–Crippen MR) is 95.1 cm³/mol. The molecule has 0 unspecified atom stereocenters. The van der Waals surface area contributed by atoms with Gasteiger partial charge in [-0.25, -0.2) is 4.98 Å². The van der Waals surface area contributed by atoms with Gasteiger partial charge in [-0.15, -0.1) is 0 Å². The topological polar surface area (TPSA) is 97.7 Å². The molecule has 0 aliphatic carbocycles. The number of hydrogen-bond acceptors (Lipinski definition) is 7. The van der Waals surface area contributed by atoms with Gasteiger partial charge in [-0.05, 0) is 19.1 Å². The maximum Gasteiger partial charge on any atom is 0.274 e. The molecule has 0 spiro atoms. The third-order valence-corrected chi connectivity index (χ3v) is 4.95. The molecule has 0 aromatic carbocycles. The van der Waals surface area contributed by atoms with Gasteiger partial charge in [0.05, 0.1) is 31.5 Å². The summed E-state index contributed by atoms with van der Waals surface area (Å²) in [6.45, 7) is 5.55. The molecule has 138 valence electrons. The van der Waals surface area contributed by atoms with E-state index in [1.54, 1.807) is 11.1 Å². The second kappa shape index (κ2) is 7.05. The van der Waals surface area contributed by atoms with Crippen molar-refractivity contribution in [3.63, 3.8) is 0 Å². The molecule has 2 fully saturated rings. The first-order valence-corrected chi connectivity index (χ1v) is 8.88. The lowest BCUT2D eigenvalue weighted by atomic mass is 10.0. The minimum Gasteiger partial charge on any atom is -0.466 e. The molecule has 4 rings (SSSR count). The number of nitrogens with two attached hydrogens (primary N) is 1. The first-order valence-electron chi connectivity index (χ1n) is 8.88. The molecule has 4 heterocycles. The molecule has 0 saturated carbocycles. The Balaban J connectivity index is 1.50. The third-order valence-electron chi connectivity index (χ3n) is 4.95. The molecule has 2 atom stereocenters. The van der Waals surface area contributed by atoms with Gasteiger partial charge in [0.1, 0.15) is 23.0 Å². The van der Waals surface area contributed by atoms with Crippen molar-refractivity contribution in [3.05, 3.63) is 41.7 Å². The number of aryl methyl sites for hydroxylation is 1. The SMILES string of the molecule is Cc1ccc([C@@H]2CN(c3cncc(C(=O)N4CCOCC4)n3)C[C@H]2N)o1. The van der Waals surface area contributed by atoms with Crippen molar-refractivity contribution in [2.45, 2.75) is 18.9 Å². The van der Waals surface area contributed by atoms with Crippen LogP contribution < -0.4 is 10.6 Å². The van der Waals surface area contributed by atoms with E-state index in [1.807, 2.05) is 19.1 Å². The number of carbonyl (C=O) groups is 1. The normalized spacial score (nSPS) is 23.5. The van der Waals surface area contributed by atoms with Crippen molar-refractivity contribution in [3.8, 4) is 0 Å². The lowest BCUT2D eigenvalue weighted by Crippen LogP contribution is -2.41. The first-order chi connectivity index (χ1) is 12.6. The number of furan rings is 1. The maximum atomic E-state index is 12.6. The Morgan fingerprint density at radius 3 is 2.77 bits per heavy atom. The molecule has 2 aliphatic rings. The monoisotopic (exact) mass is 357 g/mol. The van der Waals surface area contributed by atoms with Gasteiger partial charge >= 0.3 is 0 Å². The van der Waals surface area contributed by atoms with Gasteiger partial charge < -0.3 is 24.7 Å². The summed E-state index contributed by atoms with van der Waals surface area (Å²) < 4.78 is 11.0. The Kier molecular flexibility index (Phi) is 4.60. The number of hydrogen-bond donors (Lipinski definition) is 1. The van der Waals surface area contributed by atoms with Crippen LogP contribution in [0.15, 0.2) is 28.9 Å². The Hall–Kier alpha value is -2.45. The molecule has 0 bridgehead atoms. The summed E-state index contributed by atoms with van der Waals surface area (Å²) in [6.07, 6.45) is 3.20. The summed E-state index contributed by atoms with van der Waals surface area (Å²) in [5.41, 5.74) is 6.68. The Morgan fingerprint density at radius 1 is 1.23 bits per heavy atom. The number of rotatable bonds is 3. The van der Waals surface area contributed by atoms with E-state index in [9.17, 15) is 4.79 Å². The van der Waals surface area contributed by atoms with Crippen LogP contribution in [0.4, 0.5) is 5.82 Å². The average Bonchev–Trinajstić information content (AvgIpc) is 3.27. The highest BCUT2D eigenvalue weighted by atomic mass is 16.5. The highest BCUT2D eigenvalue weighted by Gasteiger charge is 2.34.